The van der Waals surface area contributed by atoms with Gasteiger partial charge in [0.15, 0.2) is 0 Å². The summed E-state index contributed by atoms with van der Waals surface area (Å²) in [6.45, 7) is 5.88. The summed E-state index contributed by atoms with van der Waals surface area (Å²) in [6.07, 6.45) is 8.44. The number of hydrogen-bond acceptors (Lipinski definition) is 4. The van der Waals surface area contributed by atoms with Crippen LogP contribution in [0.25, 0.3) is 0 Å². The van der Waals surface area contributed by atoms with E-state index in [-0.39, 0.29) is 11.9 Å². The Bertz CT molecular complexity index is 495. The summed E-state index contributed by atoms with van der Waals surface area (Å²) in [4.78, 5) is 20.9. The van der Waals surface area contributed by atoms with Crippen LogP contribution >= 0.6 is 0 Å². The molecule has 22 heavy (non-hydrogen) atoms. The Kier molecular flexibility index (Phi) is 6.16. The molecular weight excluding hydrogens is 276 g/mol. The van der Waals surface area contributed by atoms with Crippen molar-refractivity contribution in [3.63, 3.8) is 0 Å². The van der Waals surface area contributed by atoms with Gasteiger partial charge in [0.2, 0.25) is 0 Å². The highest BCUT2D eigenvalue weighted by atomic mass is 16.1. The molecule has 0 aromatic carbocycles. The van der Waals surface area contributed by atoms with Gasteiger partial charge in [-0.3, -0.25) is 4.79 Å². The Balaban J connectivity index is 2.07. The van der Waals surface area contributed by atoms with Gasteiger partial charge in [-0.25, -0.2) is 9.97 Å². The number of nitrogens with one attached hydrogen (secondary N) is 2. The zero-order valence-electron chi connectivity index (χ0n) is 14.0. The van der Waals surface area contributed by atoms with E-state index >= 15 is 0 Å². The molecule has 0 saturated heterocycles. The maximum Gasteiger partial charge on any atom is 0.270 e. The zero-order chi connectivity index (χ0) is 15.9. The maximum absolute atomic E-state index is 12.2. The molecule has 1 saturated carbocycles. The summed E-state index contributed by atoms with van der Waals surface area (Å²) in [6, 6.07) is 2.39. The lowest BCUT2D eigenvalue weighted by Crippen LogP contribution is -2.33. The van der Waals surface area contributed by atoms with Crippen molar-refractivity contribution in [2.75, 3.05) is 5.32 Å². The van der Waals surface area contributed by atoms with Gasteiger partial charge in [0.1, 0.15) is 17.3 Å². The minimum Gasteiger partial charge on any atom is -0.367 e. The minimum absolute atomic E-state index is 0.122. The number of nitrogens with zero attached hydrogens (tertiary/aromatic N) is 2. The third kappa shape index (κ3) is 4.97. The van der Waals surface area contributed by atoms with Crippen molar-refractivity contribution in [1.82, 2.24) is 15.3 Å². The molecule has 1 unspecified atom stereocenters. The molecule has 0 bridgehead atoms. The molecule has 1 heterocycles. The normalized spacial score (nSPS) is 17.6. The molecule has 122 valence electrons. The van der Waals surface area contributed by atoms with Crippen LogP contribution < -0.4 is 10.6 Å². The first-order chi connectivity index (χ1) is 10.6. The van der Waals surface area contributed by atoms with Gasteiger partial charge >= 0.3 is 0 Å². The van der Waals surface area contributed by atoms with Crippen molar-refractivity contribution in [1.29, 1.82) is 0 Å². The second-order valence-corrected chi connectivity index (χ2v) is 6.30. The summed E-state index contributed by atoms with van der Waals surface area (Å²) < 4.78 is 0. The SMILES string of the molecule is CCC(C)NC(=O)c1cc(NC2CCCCCC2)nc(C)n1. The molecule has 2 rings (SSSR count). The Labute approximate surface area is 133 Å². The van der Waals surface area contributed by atoms with E-state index in [0.717, 1.165) is 12.2 Å². The van der Waals surface area contributed by atoms with Crippen molar-refractivity contribution < 1.29 is 4.79 Å². The van der Waals surface area contributed by atoms with Crippen LogP contribution in [-0.2, 0) is 0 Å². The summed E-state index contributed by atoms with van der Waals surface area (Å²) in [7, 11) is 0. The Hall–Kier alpha value is -1.65. The third-order valence-corrected chi connectivity index (χ3v) is 4.27. The zero-order valence-corrected chi connectivity index (χ0v) is 14.0. The summed E-state index contributed by atoms with van der Waals surface area (Å²) >= 11 is 0. The first kappa shape index (κ1) is 16.7. The lowest BCUT2D eigenvalue weighted by atomic mass is 10.1. The number of amides is 1. The van der Waals surface area contributed by atoms with E-state index in [0.29, 0.717) is 17.6 Å². The first-order valence-corrected chi connectivity index (χ1v) is 8.51. The van der Waals surface area contributed by atoms with Gasteiger partial charge in [0, 0.05) is 18.2 Å². The molecule has 5 nitrogen and oxygen atoms in total. The average Bonchev–Trinajstić information content (AvgIpc) is 2.75. The van der Waals surface area contributed by atoms with Crippen LogP contribution in [-0.4, -0.2) is 28.0 Å². The topological polar surface area (TPSA) is 66.9 Å². The molecule has 5 heteroatoms. The van der Waals surface area contributed by atoms with Gasteiger partial charge in [0.05, 0.1) is 0 Å². The van der Waals surface area contributed by atoms with Crippen LogP contribution in [0, 0.1) is 6.92 Å². The standard InChI is InChI=1S/C17H28N4O/c1-4-12(2)18-17(22)15-11-16(20-13(3)19-15)21-14-9-7-5-6-8-10-14/h11-12,14H,4-10H2,1-3H3,(H,18,22)(H,19,20,21). The number of aromatic nitrogens is 2. The molecule has 2 N–H and O–H groups in total. The fourth-order valence-corrected chi connectivity index (χ4v) is 2.79. The second kappa shape index (κ2) is 8.11. The Morgan fingerprint density at radius 1 is 1.27 bits per heavy atom. The van der Waals surface area contributed by atoms with Crippen molar-refractivity contribution in [2.24, 2.45) is 0 Å². The predicted octanol–water partition coefficient (Wildman–Crippen LogP) is 3.45. The lowest BCUT2D eigenvalue weighted by Gasteiger charge is -2.18. The van der Waals surface area contributed by atoms with Gasteiger partial charge in [0.25, 0.3) is 5.91 Å². The quantitative estimate of drug-likeness (QED) is 0.818. The molecule has 1 atom stereocenters. The lowest BCUT2D eigenvalue weighted by molar-refractivity contribution is 0.0934. The molecular formula is C17H28N4O. The monoisotopic (exact) mass is 304 g/mol. The highest BCUT2D eigenvalue weighted by molar-refractivity contribution is 5.93. The summed E-state index contributed by atoms with van der Waals surface area (Å²) in [5, 5.41) is 6.45. The number of carbonyl (C=O) groups excluding carboxylic acids is 1. The molecule has 1 aliphatic carbocycles. The van der Waals surface area contributed by atoms with Gasteiger partial charge in [-0.2, -0.15) is 0 Å². The van der Waals surface area contributed by atoms with Crippen LogP contribution in [0.15, 0.2) is 6.07 Å². The summed E-state index contributed by atoms with van der Waals surface area (Å²) in [5.74, 6) is 1.28. The summed E-state index contributed by atoms with van der Waals surface area (Å²) in [5.41, 5.74) is 0.448. The van der Waals surface area contributed by atoms with E-state index in [2.05, 4.69) is 27.5 Å². The van der Waals surface area contributed by atoms with Crippen LogP contribution in [0.1, 0.15) is 75.1 Å². The van der Waals surface area contributed by atoms with E-state index in [9.17, 15) is 4.79 Å². The number of hydrogen-bond donors (Lipinski definition) is 2. The highest BCUT2D eigenvalue weighted by Gasteiger charge is 2.16. The fraction of sp³-hybridized carbons (Fsp3) is 0.706. The average molecular weight is 304 g/mol. The largest absolute Gasteiger partial charge is 0.367 e. The Morgan fingerprint density at radius 3 is 2.59 bits per heavy atom. The molecule has 1 aliphatic rings. The molecule has 0 aliphatic heterocycles. The maximum atomic E-state index is 12.2. The van der Waals surface area contributed by atoms with E-state index in [1.165, 1.54) is 38.5 Å². The molecule has 1 aromatic heterocycles. The van der Waals surface area contributed by atoms with Gasteiger partial charge in [-0.1, -0.05) is 32.6 Å². The minimum atomic E-state index is -0.122. The van der Waals surface area contributed by atoms with Crippen LogP contribution in [0.2, 0.25) is 0 Å². The molecule has 0 spiro atoms. The number of aryl methyl sites for hydroxylation is 1. The van der Waals surface area contributed by atoms with Crippen LogP contribution in [0.5, 0.6) is 0 Å². The number of anilines is 1. The van der Waals surface area contributed by atoms with Crippen molar-refractivity contribution in [2.45, 2.75) is 77.8 Å². The van der Waals surface area contributed by atoms with E-state index < -0.39 is 0 Å². The fourth-order valence-electron chi connectivity index (χ4n) is 2.79. The highest BCUT2D eigenvalue weighted by Crippen LogP contribution is 2.20. The van der Waals surface area contributed by atoms with Crippen molar-refractivity contribution in [3.8, 4) is 0 Å². The van der Waals surface area contributed by atoms with Crippen molar-refractivity contribution in [3.05, 3.63) is 17.6 Å². The van der Waals surface area contributed by atoms with Crippen molar-refractivity contribution >= 4 is 11.7 Å². The smallest absolute Gasteiger partial charge is 0.270 e. The number of carbonyl (C=O) groups is 1. The van der Waals surface area contributed by atoms with Crippen LogP contribution in [0.4, 0.5) is 5.82 Å². The number of rotatable bonds is 5. The molecule has 1 amide bonds. The van der Waals surface area contributed by atoms with E-state index in [1.807, 2.05) is 13.8 Å². The molecule has 1 fully saturated rings. The van der Waals surface area contributed by atoms with E-state index in [1.54, 1.807) is 6.07 Å². The molecule has 0 radical (unpaired) electrons. The Morgan fingerprint density at radius 2 is 1.95 bits per heavy atom. The second-order valence-electron chi connectivity index (χ2n) is 6.30. The molecule has 1 aromatic rings. The van der Waals surface area contributed by atoms with Gasteiger partial charge in [-0.05, 0) is 33.1 Å². The predicted molar refractivity (Wildman–Crippen MR) is 89.1 cm³/mol. The third-order valence-electron chi connectivity index (χ3n) is 4.27. The first-order valence-electron chi connectivity index (χ1n) is 8.51. The van der Waals surface area contributed by atoms with Crippen LogP contribution in [0.3, 0.4) is 0 Å². The van der Waals surface area contributed by atoms with Gasteiger partial charge in [-0.15, -0.1) is 0 Å². The van der Waals surface area contributed by atoms with Gasteiger partial charge < -0.3 is 10.6 Å². The van der Waals surface area contributed by atoms with E-state index in [4.69, 9.17) is 0 Å².